The van der Waals surface area contributed by atoms with Gasteiger partial charge in [0.25, 0.3) is 5.91 Å². The van der Waals surface area contributed by atoms with E-state index in [1.54, 1.807) is 4.90 Å². The molecule has 0 bridgehead atoms. The first-order valence-corrected chi connectivity index (χ1v) is 7.20. The number of likely N-dealkylation sites (tertiary alicyclic amines) is 1. The van der Waals surface area contributed by atoms with E-state index in [2.05, 4.69) is 0 Å². The number of benzene rings is 2. The second-order valence-electron chi connectivity index (χ2n) is 5.33. The fourth-order valence-corrected chi connectivity index (χ4v) is 2.58. The van der Waals surface area contributed by atoms with Crippen LogP contribution in [0.2, 0.25) is 0 Å². The number of ether oxygens (including phenoxy) is 3. The van der Waals surface area contributed by atoms with Crippen LogP contribution in [0, 0.1) is 0 Å². The monoisotopic (exact) mass is 297 g/mol. The van der Waals surface area contributed by atoms with Crippen molar-refractivity contribution in [3.05, 3.63) is 54.1 Å². The molecule has 0 spiro atoms. The Hall–Kier alpha value is -2.69. The van der Waals surface area contributed by atoms with E-state index in [0.29, 0.717) is 24.4 Å². The zero-order valence-electron chi connectivity index (χ0n) is 11.9. The Kier molecular flexibility index (Phi) is 3.11. The Morgan fingerprint density at radius 1 is 1.05 bits per heavy atom. The van der Waals surface area contributed by atoms with Gasteiger partial charge in [0.15, 0.2) is 11.5 Å². The van der Waals surface area contributed by atoms with E-state index >= 15 is 0 Å². The predicted octanol–water partition coefficient (Wildman–Crippen LogP) is 2.32. The average Bonchev–Trinajstić information content (AvgIpc) is 2.98. The molecule has 4 rings (SSSR count). The lowest BCUT2D eigenvalue weighted by molar-refractivity contribution is 0.0177. The van der Waals surface area contributed by atoms with Crippen molar-refractivity contribution in [3.63, 3.8) is 0 Å². The summed E-state index contributed by atoms with van der Waals surface area (Å²) in [5.74, 6) is 2.23. The maximum absolute atomic E-state index is 12.2. The van der Waals surface area contributed by atoms with Crippen molar-refractivity contribution in [2.75, 3.05) is 19.9 Å². The second-order valence-corrected chi connectivity index (χ2v) is 5.33. The van der Waals surface area contributed by atoms with E-state index in [0.717, 1.165) is 11.5 Å². The van der Waals surface area contributed by atoms with Crippen molar-refractivity contribution in [2.24, 2.45) is 0 Å². The maximum atomic E-state index is 12.2. The standard InChI is InChI=1S/C17H15NO4/c19-17(12-4-2-1-3-5-12)18-9-14(10-18)22-13-6-7-15-16(8-13)21-11-20-15/h1-8,14H,9-11H2. The summed E-state index contributed by atoms with van der Waals surface area (Å²) in [6.07, 6.45) is 0.0213. The summed E-state index contributed by atoms with van der Waals surface area (Å²) in [4.78, 5) is 14.0. The molecule has 112 valence electrons. The number of amides is 1. The highest BCUT2D eigenvalue weighted by atomic mass is 16.7. The molecule has 5 heteroatoms. The van der Waals surface area contributed by atoms with Crippen molar-refractivity contribution in [1.29, 1.82) is 0 Å². The molecule has 2 aliphatic rings. The second kappa shape index (κ2) is 5.26. The van der Waals surface area contributed by atoms with Gasteiger partial charge in [-0.15, -0.1) is 0 Å². The average molecular weight is 297 g/mol. The van der Waals surface area contributed by atoms with E-state index in [-0.39, 0.29) is 18.8 Å². The van der Waals surface area contributed by atoms with Crippen LogP contribution in [0.4, 0.5) is 0 Å². The first-order valence-electron chi connectivity index (χ1n) is 7.20. The lowest BCUT2D eigenvalue weighted by Crippen LogP contribution is -2.56. The lowest BCUT2D eigenvalue weighted by atomic mass is 10.1. The summed E-state index contributed by atoms with van der Waals surface area (Å²) in [6.45, 7) is 1.45. The van der Waals surface area contributed by atoms with Crippen molar-refractivity contribution in [2.45, 2.75) is 6.10 Å². The van der Waals surface area contributed by atoms with Gasteiger partial charge in [-0.25, -0.2) is 0 Å². The quantitative estimate of drug-likeness (QED) is 0.872. The normalized spacial score (nSPS) is 16.3. The largest absolute Gasteiger partial charge is 0.487 e. The fourth-order valence-electron chi connectivity index (χ4n) is 2.58. The highest BCUT2D eigenvalue weighted by molar-refractivity contribution is 5.94. The molecule has 22 heavy (non-hydrogen) atoms. The van der Waals surface area contributed by atoms with Crippen LogP contribution in [0.3, 0.4) is 0 Å². The van der Waals surface area contributed by atoms with Crippen LogP contribution < -0.4 is 14.2 Å². The fraction of sp³-hybridized carbons (Fsp3) is 0.235. The summed E-state index contributed by atoms with van der Waals surface area (Å²) in [6, 6.07) is 14.8. The predicted molar refractivity (Wildman–Crippen MR) is 79.3 cm³/mol. The van der Waals surface area contributed by atoms with E-state index in [4.69, 9.17) is 14.2 Å². The Morgan fingerprint density at radius 3 is 2.64 bits per heavy atom. The van der Waals surface area contributed by atoms with E-state index in [1.165, 1.54) is 0 Å². The Morgan fingerprint density at radius 2 is 1.82 bits per heavy atom. The van der Waals surface area contributed by atoms with Crippen LogP contribution in [0.1, 0.15) is 10.4 Å². The molecule has 2 heterocycles. The van der Waals surface area contributed by atoms with Gasteiger partial charge in [-0.1, -0.05) is 18.2 Å². The smallest absolute Gasteiger partial charge is 0.254 e. The van der Waals surface area contributed by atoms with Crippen LogP contribution >= 0.6 is 0 Å². The molecular formula is C17H15NO4. The van der Waals surface area contributed by atoms with Crippen LogP contribution in [0.5, 0.6) is 17.2 Å². The van der Waals surface area contributed by atoms with Gasteiger partial charge in [0.1, 0.15) is 11.9 Å². The van der Waals surface area contributed by atoms with Crippen LogP contribution in [0.15, 0.2) is 48.5 Å². The van der Waals surface area contributed by atoms with E-state index < -0.39 is 0 Å². The molecule has 0 atom stereocenters. The molecule has 2 aromatic rings. The summed E-state index contributed by atoms with van der Waals surface area (Å²) in [7, 11) is 0. The van der Waals surface area contributed by atoms with Gasteiger partial charge in [0.2, 0.25) is 6.79 Å². The van der Waals surface area contributed by atoms with Gasteiger partial charge in [0.05, 0.1) is 13.1 Å². The minimum Gasteiger partial charge on any atom is -0.487 e. The first kappa shape index (κ1) is 13.0. The highest BCUT2D eigenvalue weighted by Gasteiger charge is 2.33. The lowest BCUT2D eigenvalue weighted by Gasteiger charge is -2.39. The summed E-state index contributed by atoms with van der Waals surface area (Å²) < 4.78 is 16.5. The Balaban J connectivity index is 1.35. The minimum atomic E-state index is 0.0213. The number of hydrogen-bond donors (Lipinski definition) is 0. The third-order valence-electron chi connectivity index (χ3n) is 3.80. The molecule has 2 aromatic carbocycles. The van der Waals surface area contributed by atoms with Crippen molar-refractivity contribution in [3.8, 4) is 17.2 Å². The number of carbonyl (C=O) groups is 1. The SMILES string of the molecule is O=C(c1ccccc1)N1CC(Oc2ccc3c(c2)OCO3)C1. The van der Waals surface area contributed by atoms with Crippen LogP contribution in [-0.4, -0.2) is 36.8 Å². The molecule has 1 saturated heterocycles. The van der Waals surface area contributed by atoms with Gasteiger partial charge in [-0.2, -0.15) is 0 Å². The third kappa shape index (κ3) is 2.35. The number of nitrogens with zero attached hydrogens (tertiary/aromatic N) is 1. The zero-order chi connectivity index (χ0) is 14.9. The van der Waals surface area contributed by atoms with E-state index in [1.807, 2.05) is 48.5 Å². The topological polar surface area (TPSA) is 48.0 Å². The van der Waals surface area contributed by atoms with Crippen molar-refractivity contribution in [1.82, 2.24) is 4.90 Å². The molecular weight excluding hydrogens is 282 g/mol. The molecule has 0 saturated carbocycles. The number of hydrogen-bond acceptors (Lipinski definition) is 4. The molecule has 0 aromatic heterocycles. The third-order valence-corrected chi connectivity index (χ3v) is 3.80. The molecule has 0 unspecified atom stereocenters. The molecule has 0 aliphatic carbocycles. The van der Waals surface area contributed by atoms with Gasteiger partial charge < -0.3 is 19.1 Å². The van der Waals surface area contributed by atoms with Crippen LogP contribution in [-0.2, 0) is 0 Å². The minimum absolute atomic E-state index is 0.0213. The molecule has 2 aliphatic heterocycles. The van der Waals surface area contributed by atoms with Gasteiger partial charge >= 0.3 is 0 Å². The molecule has 5 nitrogen and oxygen atoms in total. The number of rotatable bonds is 3. The molecule has 0 N–H and O–H groups in total. The van der Waals surface area contributed by atoms with E-state index in [9.17, 15) is 4.79 Å². The van der Waals surface area contributed by atoms with Crippen molar-refractivity contribution >= 4 is 5.91 Å². The highest BCUT2D eigenvalue weighted by Crippen LogP contribution is 2.35. The summed E-state index contributed by atoms with van der Waals surface area (Å²) in [5.41, 5.74) is 0.712. The molecule has 0 radical (unpaired) electrons. The summed E-state index contributed by atoms with van der Waals surface area (Å²) in [5, 5.41) is 0. The van der Waals surface area contributed by atoms with Gasteiger partial charge in [-0.3, -0.25) is 4.79 Å². The zero-order valence-corrected chi connectivity index (χ0v) is 11.9. The van der Waals surface area contributed by atoms with Crippen molar-refractivity contribution < 1.29 is 19.0 Å². The molecule has 1 amide bonds. The number of fused-ring (bicyclic) bond motifs is 1. The summed E-state index contributed by atoms with van der Waals surface area (Å²) >= 11 is 0. The Bertz CT molecular complexity index is 695. The Labute approximate surface area is 128 Å². The van der Waals surface area contributed by atoms with Crippen LogP contribution in [0.25, 0.3) is 0 Å². The van der Waals surface area contributed by atoms with Gasteiger partial charge in [-0.05, 0) is 24.3 Å². The maximum Gasteiger partial charge on any atom is 0.254 e. The molecule has 1 fully saturated rings. The number of carbonyl (C=O) groups excluding carboxylic acids is 1. The first-order chi connectivity index (χ1) is 10.8. The van der Waals surface area contributed by atoms with Gasteiger partial charge in [0, 0.05) is 11.6 Å².